The SMILES string of the molecule is O=C1C(=O)N(CCOc2ccccc2)c2c(Cl)cccc21. The number of hydrogen-bond acceptors (Lipinski definition) is 3. The summed E-state index contributed by atoms with van der Waals surface area (Å²) in [4.78, 5) is 25.3. The zero-order chi connectivity index (χ0) is 14.8. The van der Waals surface area contributed by atoms with Gasteiger partial charge in [0.1, 0.15) is 12.4 Å². The van der Waals surface area contributed by atoms with Crippen molar-refractivity contribution < 1.29 is 14.3 Å². The summed E-state index contributed by atoms with van der Waals surface area (Å²) in [6.07, 6.45) is 0. The maximum atomic E-state index is 12.0. The van der Waals surface area contributed by atoms with Gasteiger partial charge in [-0.3, -0.25) is 14.5 Å². The van der Waals surface area contributed by atoms with Crippen LogP contribution in [0.3, 0.4) is 0 Å². The van der Waals surface area contributed by atoms with Crippen LogP contribution in [0, 0.1) is 0 Å². The molecule has 0 saturated heterocycles. The minimum Gasteiger partial charge on any atom is -0.492 e. The summed E-state index contributed by atoms with van der Waals surface area (Å²) in [5.74, 6) is -0.364. The predicted octanol–water partition coefficient (Wildman–Crippen LogP) is 2.95. The number of Topliss-reactive ketones (excluding diaryl/α,β-unsaturated/α-hetero) is 1. The van der Waals surface area contributed by atoms with Gasteiger partial charge in [-0.1, -0.05) is 35.9 Å². The van der Waals surface area contributed by atoms with E-state index in [0.29, 0.717) is 16.3 Å². The highest BCUT2D eigenvalue weighted by atomic mass is 35.5. The van der Waals surface area contributed by atoms with Crippen molar-refractivity contribution in [3.8, 4) is 5.75 Å². The van der Waals surface area contributed by atoms with Gasteiger partial charge in [0, 0.05) is 0 Å². The monoisotopic (exact) mass is 301 g/mol. The van der Waals surface area contributed by atoms with Gasteiger partial charge in [0.2, 0.25) is 0 Å². The molecule has 0 aliphatic carbocycles. The molecule has 3 rings (SSSR count). The maximum absolute atomic E-state index is 12.0. The quantitative estimate of drug-likeness (QED) is 0.816. The fourth-order valence-electron chi connectivity index (χ4n) is 2.30. The number of hydrogen-bond donors (Lipinski definition) is 0. The molecule has 0 aromatic heterocycles. The molecule has 0 radical (unpaired) electrons. The Morgan fingerprint density at radius 2 is 1.76 bits per heavy atom. The highest BCUT2D eigenvalue weighted by molar-refractivity contribution is 6.54. The summed E-state index contributed by atoms with van der Waals surface area (Å²) in [5, 5.41) is 0.395. The number of ether oxygens (including phenoxy) is 1. The molecule has 0 saturated carbocycles. The Kier molecular flexibility index (Phi) is 3.62. The van der Waals surface area contributed by atoms with E-state index in [1.165, 1.54) is 4.90 Å². The molecule has 1 aliphatic rings. The van der Waals surface area contributed by atoms with Crippen molar-refractivity contribution in [2.45, 2.75) is 0 Å². The van der Waals surface area contributed by atoms with E-state index in [0.717, 1.165) is 5.75 Å². The van der Waals surface area contributed by atoms with Crippen LogP contribution < -0.4 is 9.64 Å². The summed E-state index contributed by atoms with van der Waals surface area (Å²) in [7, 11) is 0. The molecule has 106 valence electrons. The van der Waals surface area contributed by atoms with Crippen molar-refractivity contribution in [2.24, 2.45) is 0 Å². The predicted molar refractivity (Wildman–Crippen MR) is 80.1 cm³/mol. The van der Waals surface area contributed by atoms with Crippen LogP contribution in [-0.4, -0.2) is 24.8 Å². The summed E-state index contributed by atoms with van der Waals surface area (Å²) in [6, 6.07) is 14.2. The minimum absolute atomic E-state index is 0.274. The van der Waals surface area contributed by atoms with Crippen LogP contribution in [0.4, 0.5) is 5.69 Å². The third kappa shape index (κ3) is 2.50. The van der Waals surface area contributed by atoms with E-state index in [4.69, 9.17) is 16.3 Å². The van der Waals surface area contributed by atoms with Gasteiger partial charge in [-0.05, 0) is 24.3 Å². The molecule has 0 atom stereocenters. The lowest BCUT2D eigenvalue weighted by atomic mass is 10.1. The summed E-state index contributed by atoms with van der Waals surface area (Å²) < 4.78 is 5.56. The van der Waals surface area contributed by atoms with Crippen LogP contribution in [-0.2, 0) is 4.79 Å². The third-order valence-electron chi connectivity index (χ3n) is 3.27. The number of benzene rings is 2. The average molecular weight is 302 g/mol. The lowest BCUT2D eigenvalue weighted by molar-refractivity contribution is -0.114. The van der Waals surface area contributed by atoms with E-state index in [9.17, 15) is 9.59 Å². The van der Waals surface area contributed by atoms with Crippen molar-refractivity contribution >= 4 is 29.0 Å². The lowest BCUT2D eigenvalue weighted by Crippen LogP contribution is -2.33. The van der Waals surface area contributed by atoms with Crippen molar-refractivity contribution in [3.63, 3.8) is 0 Å². The topological polar surface area (TPSA) is 46.6 Å². The van der Waals surface area contributed by atoms with E-state index < -0.39 is 11.7 Å². The molecule has 0 N–H and O–H groups in total. The Morgan fingerprint density at radius 3 is 2.52 bits per heavy atom. The molecule has 0 unspecified atom stereocenters. The van der Waals surface area contributed by atoms with Gasteiger partial charge < -0.3 is 4.74 Å². The summed E-state index contributed by atoms with van der Waals surface area (Å²) in [5.41, 5.74) is 0.832. The fraction of sp³-hybridized carbons (Fsp3) is 0.125. The first kappa shape index (κ1) is 13.6. The number of para-hydroxylation sites is 2. The molecule has 1 amide bonds. The number of nitrogens with zero attached hydrogens (tertiary/aromatic N) is 1. The van der Waals surface area contributed by atoms with E-state index in [1.54, 1.807) is 18.2 Å². The molecular formula is C16H12ClNO3. The number of carbonyl (C=O) groups is 2. The van der Waals surface area contributed by atoms with E-state index in [1.807, 2.05) is 30.3 Å². The van der Waals surface area contributed by atoms with Crippen LogP contribution in [0.1, 0.15) is 10.4 Å². The van der Waals surface area contributed by atoms with Gasteiger partial charge in [0.05, 0.1) is 22.8 Å². The Morgan fingerprint density at radius 1 is 1.00 bits per heavy atom. The van der Waals surface area contributed by atoms with Crippen LogP contribution in [0.15, 0.2) is 48.5 Å². The molecule has 0 spiro atoms. The lowest BCUT2D eigenvalue weighted by Gasteiger charge is -2.17. The van der Waals surface area contributed by atoms with Crippen LogP contribution in [0.2, 0.25) is 5.02 Å². The summed E-state index contributed by atoms with van der Waals surface area (Å²) >= 11 is 6.10. The van der Waals surface area contributed by atoms with Crippen molar-refractivity contribution in [3.05, 3.63) is 59.1 Å². The van der Waals surface area contributed by atoms with Crippen molar-refractivity contribution in [2.75, 3.05) is 18.1 Å². The average Bonchev–Trinajstić information content (AvgIpc) is 2.75. The molecule has 0 fully saturated rings. The van der Waals surface area contributed by atoms with Crippen molar-refractivity contribution in [1.29, 1.82) is 0 Å². The Bertz CT molecular complexity index is 700. The molecule has 1 heterocycles. The molecule has 4 nitrogen and oxygen atoms in total. The van der Waals surface area contributed by atoms with Gasteiger partial charge >= 0.3 is 0 Å². The molecule has 0 bridgehead atoms. The Labute approximate surface area is 126 Å². The largest absolute Gasteiger partial charge is 0.492 e. The fourth-order valence-corrected chi connectivity index (χ4v) is 2.57. The zero-order valence-corrected chi connectivity index (χ0v) is 11.8. The van der Waals surface area contributed by atoms with Gasteiger partial charge in [-0.2, -0.15) is 0 Å². The highest BCUT2D eigenvalue weighted by Crippen LogP contribution is 2.35. The van der Waals surface area contributed by atoms with Gasteiger partial charge in [-0.25, -0.2) is 0 Å². The number of fused-ring (bicyclic) bond motifs is 1. The molecule has 5 heteroatoms. The van der Waals surface area contributed by atoms with E-state index >= 15 is 0 Å². The minimum atomic E-state index is -0.560. The number of halogens is 1. The van der Waals surface area contributed by atoms with Gasteiger partial charge in [-0.15, -0.1) is 0 Å². The summed E-state index contributed by atoms with van der Waals surface area (Å²) in [6.45, 7) is 0.559. The first-order chi connectivity index (χ1) is 10.2. The molecular weight excluding hydrogens is 290 g/mol. The van der Waals surface area contributed by atoms with Crippen LogP contribution >= 0.6 is 11.6 Å². The highest BCUT2D eigenvalue weighted by Gasteiger charge is 2.37. The van der Waals surface area contributed by atoms with Gasteiger partial charge in [0.15, 0.2) is 0 Å². The molecule has 1 aliphatic heterocycles. The van der Waals surface area contributed by atoms with Crippen LogP contribution in [0.25, 0.3) is 0 Å². The second kappa shape index (κ2) is 5.58. The Balaban J connectivity index is 1.75. The number of amides is 1. The number of ketones is 1. The normalized spacial score (nSPS) is 13.5. The zero-order valence-electron chi connectivity index (χ0n) is 11.1. The van der Waals surface area contributed by atoms with Crippen LogP contribution in [0.5, 0.6) is 5.75 Å². The second-order valence-corrected chi connectivity index (χ2v) is 4.99. The molecule has 21 heavy (non-hydrogen) atoms. The number of anilines is 1. The second-order valence-electron chi connectivity index (χ2n) is 4.58. The Hall–Kier alpha value is -2.33. The van der Waals surface area contributed by atoms with Gasteiger partial charge in [0.25, 0.3) is 11.7 Å². The van der Waals surface area contributed by atoms with E-state index in [-0.39, 0.29) is 13.2 Å². The van der Waals surface area contributed by atoms with E-state index in [2.05, 4.69) is 0 Å². The number of carbonyl (C=O) groups excluding carboxylic acids is 2. The third-order valence-corrected chi connectivity index (χ3v) is 3.57. The first-order valence-electron chi connectivity index (χ1n) is 6.51. The first-order valence-corrected chi connectivity index (χ1v) is 6.89. The van der Waals surface area contributed by atoms with Crippen molar-refractivity contribution in [1.82, 2.24) is 0 Å². The molecule has 2 aromatic carbocycles. The standard InChI is InChI=1S/C16H12ClNO3/c17-13-8-4-7-12-14(13)18(16(20)15(12)19)9-10-21-11-5-2-1-3-6-11/h1-8H,9-10H2. The smallest absolute Gasteiger partial charge is 0.299 e. The molecule has 2 aromatic rings. The number of rotatable bonds is 4. The maximum Gasteiger partial charge on any atom is 0.299 e.